The topological polar surface area (TPSA) is 74.8 Å². The Morgan fingerprint density at radius 3 is 3.00 bits per heavy atom. The van der Waals surface area contributed by atoms with Crippen molar-refractivity contribution in [1.82, 2.24) is 19.7 Å². The molecule has 2 rings (SSSR count). The molecule has 2 aromatic heterocycles. The molecule has 0 aliphatic rings. The van der Waals surface area contributed by atoms with Crippen LogP contribution in [0.4, 0.5) is 0 Å². The molecule has 0 saturated carbocycles. The molecule has 2 aromatic rings. The third-order valence-electron chi connectivity index (χ3n) is 2.61. The van der Waals surface area contributed by atoms with Crippen LogP contribution in [0.5, 0.6) is 0 Å². The Labute approximate surface area is 134 Å². The Balaban J connectivity index is 2.04. The summed E-state index contributed by atoms with van der Waals surface area (Å²) in [6.45, 7) is 4.69. The van der Waals surface area contributed by atoms with Crippen molar-refractivity contribution >= 4 is 33.2 Å². The molecule has 0 aromatic carbocycles. The van der Waals surface area contributed by atoms with Gasteiger partial charge in [0, 0.05) is 11.4 Å². The summed E-state index contributed by atoms with van der Waals surface area (Å²) in [5.74, 6) is -0.0472. The van der Waals surface area contributed by atoms with Gasteiger partial charge in [0.1, 0.15) is 18.9 Å². The van der Waals surface area contributed by atoms with Crippen LogP contribution in [0, 0.1) is 11.3 Å². The Kier molecular flexibility index (Phi) is 5.25. The quantitative estimate of drug-likeness (QED) is 0.735. The second kappa shape index (κ2) is 7.15. The lowest BCUT2D eigenvalue weighted by Gasteiger charge is -2.20. The second-order valence-electron chi connectivity index (χ2n) is 4.15. The number of carbonyl (C=O) groups is 1. The van der Waals surface area contributed by atoms with E-state index >= 15 is 0 Å². The SMILES string of the molecule is C=CCN(Cc1ccc(Br)s1)C(=O)Cn1cnc(C#N)n1. The molecule has 2 heterocycles. The fourth-order valence-corrected chi connectivity index (χ4v) is 3.19. The van der Waals surface area contributed by atoms with E-state index < -0.39 is 0 Å². The van der Waals surface area contributed by atoms with Gasteiger partial charge in [0.15, 0.2) is 0 Å². The van der Waals surface area contributed by atoms with Crippen molar-refractivity contribution in [3.63, 3.8) is 0 Å². The van der Waals surface area contributed by atoms with Gasteiger partial charge in [-0.1, -0.05) is 6.08 Å². The molecule has 0 bridgehead atoms. The van der Waals surface area contributed by atoms with E-state index in [0.717, 1.165) is 8.66 Å². The predicted octanol–water partition coefficient (Wildman–Crippen LogP) is 2.19. The van der Waals surface area contributed by atoms with Crippen LogP contribution in [0.1, 0.15) is 10.7 Å². The Morgan fingerprint density at radius 2 is 2.43 bits per heavy atom. The first-order valence-corrected chi connectivity index (χ1v) is 7.65. The van der Waals surface area contributed by atoms with Crippen LogP contribution in [0.25, 0.3) is 0 Å². The fourth-order valence-electron chi connectivity index (χ4n) is 1.70. The average molecular weight is 366 g/mol. The average Bonchev–Trinajstić information content (AvgIpc) is 3.07. The van der Waals surface area contributed by atoms with Crippen LogP contribution in [0.3, 0.4) is 0 Å². The van der Waals surface area contributed by atoms with Crippen molar-refractivity contribution in [2.45, 2.75) is 13.1 Å². The van der Waals surface area contributed by atoms with E-state index in [2.05, 4.69) is 32.6 Å². The van der Waals surface area contributed by atoms with Crippen LogP contribution >= 0.6 is 27.3 Å². The number of hydrogen-bond acceptors (Lipinski definition) is 5. The van der Waals surface area contributed by atoms with Crippen molar-refractivity contribution in [1.29, 1.82) is 5.26 Å². The Bertz CT molecular complexity index is 687. The molecule has 108 valence electrons. The molecule has 0 spiro atoms. The first kappa shape index (κ1) is 15.4. The molecule has 1 amide bonds. The second-order valence-corrected chi connectivity index (χ2v) is 6.69. The van der Waals surface area contributed by atoms with Gasteiger partial charge in [-0.15, -0.1) is 23.0 Å². The summed E-state index contributed by atoms with van der Waals surface area (Å²) in [7, 11) is 0. The van der Waals surface area contributed by atoms with Crippen LogP contribution in [-0.2, 0) is 17.9 Å². The lowest BCUT2D eigenvalue weighted by Crippen LogP contribution is -2.33. The van der Waals surface area contributed by atoms with Gasteiger partial charge in [0.2, 0.25) is 5.91 Å². The number of hydrogen-bond donors (Lipinski definition) is 0. The Morgan fingerprint density at radius 1 is 1.62 bits per heavy atom. The van der Waals surface area contributed by atoms with Gasteiger partial charge in [-0.05, 0) is 28.1 Å². The van der Waals surface area contributed by atoms with E-state index in [1.165, 1.54) is 11.0 Å². The first-order chi connectivity index (χ1) is 10.1. The van der Waals surface area contributed by atoms with Gasteiger partial charge in [-0.3, -0.25) is 4.79 Å². The minimum absolute atomic E-state index is 0.0507. The lowest BCUT2D eigenvalue weighted by molar-refractivity contribution is -0.132. The molecule has 0 fully saturated rings. The van der Waals surface area contributed by atoms with Gasteiger partial charge < -0.3 is 4.90 Å². The molecule has 21 heavy (non-hydrogen) atoms. The van der Waals surface area contributed by atoms with Crippen LogP contribution in [0.15, 0.2) is 34.9 Å². The molecular formula is C13H12BrN5OS. The third-order valence-corrected chi connectivity index (χ3v) is 4.22. The standard InChI is InChI=1S/C13H12BrN5OS/c1-2-5-18(7-10-3-4-11(14)21-10)13(20)8-19-9-16-12(6-15)17-19/h2-4,9H,1,5,7-8H2. The maximum absolute atomic E-state index is 12.3. The molecule has 0 aliphatic heterocycles. The van der Waals surface area contributed by atoms with Gasteiger partial charge in [-0.2, -0.15) is 5.26 Å². The molecule has 0 radical (unpaired) electrons. The monoisotopic (exact) mass is 365 g/mol. The zero-order chi connectivity index (χ0) is 15.2. The number of aromatic nitrogens is 3. The van der Waals surface area contributed by atoms with Gasteiger partial charge >= 0.3 is 0 Å². The van der Waals surface area contributed by atoms with E-state index in [1.54, 1.807) is 22.3 Å². The minimum atomic E-state index is -0.103. The van der Waals surface area contributed by atoms with Crippen LogP contribution < -0.4 is 0 Å². The first-order valence-electron chi connectivity index (χ1n) is 6.05. The van der Waals surface area contributed by atoms with Crippen molar-refractivity contribution in [3.8, 4) is 6.07 Å². The van der Waals surface area contributed by atoms with Crippen molar-refractivity contribution in [3.05, 3.63) is 45.6 Å². The number of thiophene rings is 1. The number of amides is 1. The van der Waals surface area contributed by atoms with Crippen LogP contribution in [0.2, 0.25) is 0 Å². The highest BCUT2D eigenvalue weighted by molar-refractivity contribution is 9.11. The summed E-state index contributed by atoms with van der Waals surface area (Å²) in [5, 5.41) is 12.6. The normalized spacial score (nSPS) is 10.1. The minimum Gasteiger partial charge on any atom is -0.332 e. The molecule has 0 saturated heterocycles. The third kappa shape index (κ3) is 4.24. The van der Waals surface area contributed by atoms with E-state index in [-0.39, 0.29) is 18.3 Å². The molecule has 0 N–H and O–H groups in total. The number of nitrogens with zero attached hydrogens (tertiary/aromatic N) is 5. The summed E-state index contributed by atoms with van der Waals surface area (Å²) in [4.78, 5) is 18.8. The smallest absolute Gasteiger partial charge is 0.252 e. The van der Waals surface area contributed by atoms with Crippen molar-refractivity contribution in [2.24, 2.45) is 0 Å². The van der Waals surface area contributed by atoms with E-state index in [9.17, 15) is 4.79 Å². The largest absolute Gasteiger partial charge is 0.332 e. The predicted molar refractivity (Wildman–Crippen MR) is 82.4 cm³/mol. The van der Waals surface area contributed by atoms with Crippen molar-refractivity contribution in [2.75, 3.05) is 6.54 Å². The molecular weight excluding hydrogens is 354 g/mol. The molecule has 0 unspecified atom stereocenters. The maximum atomic E-state index is 12.3. The fraction of sp³-hybridized carbons (Fsp3) is 0.231. The van der Waals surface area contributed by atoms with Gasteiger partial charge in [-0.25, -0.2) is 9.67 Å². The zero-order valence-electron chi connectivity index (χ0n) is 11.1. The lowest BCUT2D eigenvalue weighted by atomic mass is 10.3. The Hall–Kier alpha value is -1.98. The zero-order valence-corrected chi connectivity index (χ0v) is 13.5. The van der Waals surface area contributed by atoms with Gasteiger partial charge in [0.05, 0.1) is 10.3 Å². The summed E-state index contributed by atoms with van der Waals surface area (Å²) < 4.78 is 2.39. The highest BCUT2D eigenvalue weighted by Gasteiger charge is 2.15. The maximum Gasteiger partial charge on any atom is 0.252 e. The van der Waals surface area contributed by atoms with Crippen molar-refractivity contribution < 1.29 is 4.79 Å². The number of halogens is 1. The summed E-state index contributed by atoms with van der Waals surface area (Å²) in [6, 6.07) is 5.76. The number of rotatable bonds is 6. The summed E-state index contributed by atoms with van der Waals surface area (Å²) in [6.07, 6.45) is 3.06. The molecule has 0 atom stereocenters. The summed E-state index contributed by atoms with van der Waals surface area (Å²) in [5.41, 5.74) is 0. The van der Waals surface area contributed by atoms with E-state index in [1.807, 2.05) is 18.2 Å². The van der Waals surface area contributed by atoms with Crippen LogP contribution in [-0.4, -0.2) is 32.1 Å². The molecule has 0 aliphatic carbocycles. The summed E-state index contributed by atoms with van der Waals surface area (Å²) >= 11 is 4.99. The van der Waals surface area contributed by atoms with E-state index in [4.69, 9.17) is 5.26 Å². The van der Waals surface area contributed by atoms with E-state index in [0.29, 0.717) is 13.1 Å². The molecule has 6 nitrogen and oxygen atoms in total. The number of carbonyl (C=O) groups excluding carboxylic acids is 1. The highest BCUT2D eigenvalue weighted by Crippen LogP contribution is 2.23. The van der Waals surface area contributed by atoms with Gasteiger partial charge in [0.25, 0.3) is 5.82 Å². The number of nitriles is 1. The molecule has 8 heteroatoms. The highest BCUT2D eigenvalue weighted by atomic mass is 79.9.